The average Bonchev–Trinajstić information content (AvgIpc) is 2.50. The summed E-state index contributed by atoms with van der Waals surface area (Å²) in [7, 11) is 0. The van der Waals surface area contributed by atoms with Gasteiger partial charge in [-0.25, -0.2) is 4.98 Å². The molecule has 1 atom stereocenters. The third-order valence-electron chi connectivity index (χ3n) is 2.99. The molecule has 114 valence electrons. The highest BCUT2D eigenvalue weighted by molar-refractivity contribution is 6.33. The van der Waals surface area contributed by atoms with Gasteiger partial charge in [0.05, 0.1) is 17.0 Å². The monoisotopic (exact) mass is 308 g/mol. The Hall–Kier alpha value is -1.80. The fourth-order valence-electron chi connectivity index (χ4n) is 1.82. The van der Waals surface area contributed by atoms with Crippen molar-refractivity contribution in [3.63, 3.8) is 0 Å². The van der Waals surface area contributed by atoms with Gasteiger partial charge in [0.25, 0.3) is 5.91 Å². The number of hydrogen-bond donors (Lipinski definition) is 1. The van der Waals surface area contributed by atoms with Crippen molar-refractivity contribution < 1.29 is 4.79 Å². The quantitative estimate of drug-likeness (QED) is 0.840. The van der Waals surface area contributed by atoms with E-state index < -0.39 is 0 Å². The Kier molecular flexibility index (Phi) is 6.97. The molecule has 5 nitrogen and oxygen atoms in total. The molecule has 0 saturated heterocycles. The maximum atomic E-state index is 12.5. The zero-order chi connectivity index (χ0) is 15.8. The predicted molar refractivity (Wildman–Crippen MR) is 84.4 cm³/mol. The fourth-order valence-corrected chi connectivity index (χ4v) is 2.01. The number of nitrogens with one attached hydrogen (secondary N) is 1. The van der Waals surface area contributed by atoms with Crippen LogP contribution in [0.1, 0.15) is 37.7 Å². The summed E-state index contributed by atoms with van der Waals surface area (Å²) >= 11 is 6.09. The van der Waals surface area contributed by atoms with Gasteiger partial charge in [-0.05, 0) is 32.4 Å². The highest BCUT2D eigenvalue weighted by atomic mass is 35.5. The Morgan fingerprint density at radius 3 is 2.81 bits per heavy atom. The molecule has 21 heavy (non-hydrogen) atoms. The summed E-state index contributed by atoms with van der Waals surface area (Å²) in [5.74, 6) is 0.160. The molecule has 0 aromatic carbocycles. The lowest BCUT2D eigenvalue weighted by Gasteiger charge is -2.22. The van der Waals surface area contributed by atoms with Gasteiger partial charge >= 0.3 is 0 Å². The number of anilines is 1. The Bertz CT molecular complexity index is 527. The minimum Gasteiger partial charge on any atom is -0.370 e. The number of pyridine rings is 1. The van der Waals surface area contributed by atoms with Crippen molar-refractivity contribution in [2.24, 2.45) is 5.92 Å². The van der Waals surface area contributed by atoms with Gasteiger partial charge in [-0.1, -0.05) is 18.5 Å². The SMILES string of the molecule is CCCNc1ccc(Cl)c(C(=O)N(CC)CC(C)C#N)n1. The number of hydrogen-bond acceptors (Lipinski definition) is 4. The summed E-state index contributed by atoms with van der Waals surface area (Å²) in [6, 6.07) is 5.55. The number of carbonyl (C=O) groups excluding carboxylic acids is 1. The van der Waals surface area contributed by atoms with Crippen LogP contribution in [0.2, 0.25) is 5.02 Å². The van der Waals surface area contributed by atoms with Gasteiger partial charge in [0.15, 0.2) is 0 Å². The van der Waals surface area contributed by atoms with Crippen molar-refractivity contribution >= 4 is 23.3 Å². The molecule has 0 fully saturated rings. The number of nitrogens with zero attached hydrogens (tertiary/aromatic N) is 3. The van der Waals surface area contributed by atoms with Crippen molar-refractivity contribution in [1.29, 1.82) is 5.26 Å². The molecule has 1 N–H and O–H groups in total. The van der Waals surface area contributed by atoms with Gasteiger partial charge in [0.2, 0.25) is 0 Å². The van der Waals surface area contributed by atoms with Crippen molar-refractivity contribution in [3.8, 4) is 6.07 Å². The summed E-state index contributed by atoms with van der Waals surface area (Å²) in [6.45, 7) is 7.37. The molecule has 1 aromatic heterocycles. The number of amides is 1. The Morgan fingerprint density at radius 2 is 2.24 bits per heavy atom. The van der Waals surface area contributed by atoms with Crippen molar-refractivity contribution in [2.75, 3.05) is 25.0 Å². The molecular formula is C15H21ClN4O. The van der Waals surface area contributed by atoms with E-state index in [2.05, 4.69) is 23.3 Å². The van der Waals surface area contributed by atoms with Crippen LogP contribution in [-0.4, -0.2) is 35.4 Å². The summed E-state index contributed by atoms with van der Waals surface area (Å²) in [4.78, 5) is 18.4. The van der Waals surface area contributed by atoms with Crippen molar-refractivity contribution in [2.45, 2.75) is 27.2 Å². The van der Waals surface area contributed by atoms with E-state index in [9.17, 15) is 4.79 Å². The van der Waals surface area contributed by atoms with Crippen LogP contribution >= 0.6 is 11.6 Å². The van der Waals surface area contributed by atoms with Crippen LogP contribution in [0, 0.1) is 17.2 Å². The maximum Gasteiger partial charge on any atom is 0.274 e. The molecule has 0 aliphatic carbocycles. The van der Waals surface area contributed by atoms with Crippen LogP contribution in [0.4, 0.5) is 5.82 Å². The summed E-state index contributed by atoms with van der Waals surface area (Å²) in [5, 5.41) is 12.3. The zero-order valence-electron chi connectivity index (χ0n) is 12.7. The van der Waals surface area contributed by atoms with E-state index in [1.807, 2.05) is 6.92 Å². The molecule has 1 rings (SSSR count). The van der Waals surface area contributed by atoms with Crippen LogP contribution in [0.5, 0.6) is 0 Å². The summed E-state index contributed by atoms with van der Waals surface area (Å²) in [5.41, 5.74) is 0.227. The van der Waals surface area contributed by atoms with Gasteiger partial charge in [0.1, 0.15) is 11.5 Å². The van der Waals surface area contributed by atoms with E-state index in [0.29, 0.717) is 23.9 Å². The molecule has 1 aromatic rings. The number of rotatable bonds is 7. The van der Waals surface area contributed by atoms with E-state index in [4.69, 9.17) is 16.9 Å². The van der Waals surface area contributed by atoms with Gasteiger partial charge in [-0.15, -0.1) is 0 Å². The minimum atomic E-state index is -0.246. The lowest BCUT2D eigenvalue weighted by molar-refractivity contribution is 0.0747. The second-order valence-corrected chi connectivity index (χ2v) is 5.23. The first kappa shape index (κ1) is 17.3. The molecule has 0 radical (unpaired) electrons. The second kappa shape index (κ2) is 8.48. The smallest absolute Gasteiger partial charge is 0.274 e. The van der Waals surface area contributed by atoms with E-state index in [0.717, 1.165) is 13.0 Å². The van der Waals surface area contributed by atoms with Crippen molar-refractivity contribution in [1.82, 2.24) is 9.88 Å². The molecule has 1 amide bonds. The third-order valence-corrected chi connectivity index (χ3v) is 3.29. The van der Waals surface area contributed by atoms with Crippen LogP contribution in [0.25, 0.3) is 0 Å². The molecule has 6 heteroatoms. The summed E-state index contributed by atoms with van der Waals surface area (Å²) in [6.07, 6.45) is 0.967. The van der Waals surface area contributed by atoms with E-state index in [-0.39, 0.29) is 17.5 Å². The van der Waals surface area contributed by atoms with Crippen LogP contribution < -0.4 is 5.32 Å². The fraction of sp³-hybridized carbons (Fsp3) is 0.533. The first-order valence-electron chi connectivity index (χ1n) is 7.12. The topological polar surface area (TPSA) is 69.0 Å². The highest BCUT2D eigenvalue weighted by Crippen LogP contribution is 2.19. The first-order valence-corrected chi connectivity index (χ1v) is 7.50. The standard InChI is InChI=1S/C15H21ClN4O/c1-4-8-18-13-7-6-12(16)14(19-13)15(21)20(5-2)10-11(3)9-17/h6-7,11H,4-5,8,10H2,1-3H3,(H,18,19). The summed E-state index contributed by atoms with van der Waals surface area (Å²) < 4.78 is 0. The first-order chi connectivity index (χ1) is 10.0. The number of aromatic nitrogens is 1. The number of halogens is 1. The lowest BCUT2D eigenvalue weighted by atomic mass is 10.2. The molecular weight excluding hydrogens is 288 g/mol. The Morgan fingerprint density at radius 1 is 1.52 bits per heavy atom. The zero-order valence-corrected chi connectivity index (χ0v) is 13.4. The van der Waals surface area contributed by atoms with Gasteiger partial charge in [0, 0.05) is 19.6 Å². The number of nitriles is 1. The van der Waals surface area contributed by atoms with Crippen LogP contribution in [0.3, 0.4) is 0 Å². The third kappa shape index (κ3) is 4.91. The van der Waals surface area contributed by atoms with E-state index in [1.54, 1.807) is 24.0 Å². The van der Waals surface area contributed by atoms with Gasteiger partial charge in [-0.2, -0.15) is 5.26 Å². The second-order valence-electron chi connectivity index (χ2n) is 4.83. The molecule has 0 bridgehead atoms. The molecule has 0 aliphatic heterocycles. The molecule has 0 aliphatic rings. The van der Waals surface area contributed by atoms with E-state index >= 15 is 0 Å². The van der Waals surface area contributed by atoms with Gasteiger partial charge in [-0.3, -0.25) is 4.79 Å². The Balaban J connectivity index is 2.96. The number of carbonyl (C=O) groups is 1. The van der Waals surface area contributed by atoms with Crippen molar-refractivity contribution in [3.05, 3.63) is 22.8 Å². The van der Waals surface area contributed by atoms with Crippen LogP contribution in [0.15, 0.2) is 12.1 Å². The van der Waals surface area contributed by atoms with Gasteiger partial charge < -0.3 is 10.2 Å². The maximum absolute atomic E-state index is 12.5. The highest BCUT2D eigenvalue weighted by Gasteiger charge is 2.21. The normalized spacial score (nSPS) is 11.6. The molecule has 0 spiro atoms. The minimum absolute atomic E-state index is 0.227. The van der Waals surface area contributed by atoms with Crippen LogP contribution in [-0.2, 0) is 0 Å². The predicted octanol–water partition coefficient (Wildman–Crippen LogP) is 3.18. The molecule has 0 saturated carbocycles. The average molecular weight is 309 g/mol. The molecule has 1 unspecified atom stereocenters. The molecule has 1 heterocycles. The largest absolute Gasteiger partial charge is 0.370 e. The lowest BCUT2D eigenvalue weighted by Crippen LogP contribution is -2.35. The Labute approximate surface area is 130 Å². The van der Waals surface area contributed by atoms with E-state index in [1.165, 1.54) is 0 Å².